The van der Waals surface area contributed by atoms with Crippen molar-refractivity contribution in [3.8, 4) is 5.75 Å². The van der Waals surface area contributed by atoms with Gasteiger partial charge in [0.15, 0.2) is 0 Å². The van der Waals surface area contributed by atoms with Crippen LogP contribution in [0.3, 0.4) is 0 Å². The minimum atomic E-state index is -0.145. The van der Waals surface area contributed by atoms with Gasteiger partial charge in [0.1, 0.15) is 25.2 Å². The molecule has 0 aromatic heterocycles. The molecule has 15 nitrogen and oxygen atoms in total. The van der Waals surface area contributed by atoms with Crippen molar-refractivity contribution in [3.05, 3.63) is 29.8 Å². The van der Waals surface area contributed by atoms with E-state index in [1.54, 1.807) is 24.3 Å². The lowest BCUT2D eigenvalue weighted by Crippen LogP contribution is -2.16. The van der Waals surface area contributed by atoms with E-state index in [-0.39, 0.29) is 12.6 Å². The number of unbranched alkanes of at least 4 members (excludes halogenated alkanes) is 6. The van der Waals surface area contributed by atoms with Gasteiger partial charge in [0.2, 0.25) is 0 Å². The quantitative estimate of drug-likeness (QED) is 0.0506. The SMILES string of the molecule is CCCCCCCCCC(=O)OCCOCCOCCOCCOCCOCCOCCOCCOCCOCCOCCOCCOc1ccc(C=O)cc1. The zero-order chi connectivity index (χ0) is 40.1. The van der Waals surface area contributed by atoms with E-state index in [2.05, 4.69) is 6.92 Å². The summed E-state index contributed by atoms with van der Waals surface area (Å²) in [5.74, 6) is 0.556. The Bertz CT molecular complexity index is 953. The third kappa shape index (κ3) is 38.6. The van der Waals surface area contributed by atoms with E-state index < -0.39 is 0 Å². The molecule has 15 heteroatoms. The second kappa shape index (κ2) is 43.8. The summed E-state index contributed by atoms with van der Waals surface area (Å²) in [6.45, 7) is 13.4. The number of esters is 1. The summed E-state index contributed by atoms with van der Waals surface area (Å²) in [5.41, 5.74) is 0.615. The Balaban J connectivity index is 1.63. The van der Waals surface area contributed by atoms with Crippen molar-refractivity contribution < 1.29 is 71.2 Å². The summed E-state index contributed by atoms with van der Waals surface area (Å²) >= 11 is 0. The maximum Gasteiger partial charge on any atom is 0.305 e. The largest absolute Gasteiger partial charge is 0.491 e. The standard InChI is InChI=1S/C41H72O15/c1-2-3-4-5-6-7-8-9-41(43)56-37-35-54-33-31-52-29-27-50-25-23-48-21-19-46-17-15-44-14-16-45-18-20-47-22-24-49-26-28-51-30-32-53-34-36-55-40-12-10-39(38-42)11-13-40/h10-13,38H,2-9,14-37H2,1H3. The van der Waals surface area contributed by atoms with Crippen LogP contribution in [0.5, 0.6) is 5.75 Å². The minimum absolute atomic E-state index is 0.145. The molecule has 0 saturated carbocycles. The van der Waals surface area contributed by atoms with Crippen molar-refractivity contribution in [2.24, 2.45) is 0 Å². The monoisotopic (exact) mass is 804 g/mol. The van der Waals surface area contributed by atoms with Gasteiger partial charge in [0, 0.05) is 12.0 Å². The molecule has 0 amide bonds. The van der Waals surface area contributed by atoms with Crippen molar-refractivity contribution in [2.45, 2.75) is 58.3 Å². The first kappa shape index (κ1) is 51.7. The van der Waals surface area contributed by atoms with E-state index in [4.69, 9.17) is 61.6 Å². The van der Waals surface area contributed by atoms with E-state index in [1.807, 2.05) is 0 Å². The fourth-order valence-electron chi connectivity index (χ4n) is 4.68. The van der Waals surface area contributed by atoms with Crippen LogP contribution in [-0.2, 0) is 61.6 Å². The van der Waals surface area contributed by atoms with Crippen molar-refractivity contribution in [3.63, 3.8) is 0 Å². The molecular weight excluding hydrogens is 732 g/mol. The zero-order valence-electron chi connectivity index (χ0n) is 34.1. The first-order valence-corrected chi connectivity index (χ1v) is 20.4. The van der Waals surface area contributed by atoms with Crippen LogP contribution >= 0.6 is 0 Å². The van der Waals surface area contributed by atoms with Crippen molar-refractivity contribution >= 4 is 12.3 Å². The van der Waals surface area contributed by atoms with Gasteiger partial charge in [0.25, 0.3) is 0 Å². The van der Waals surface area contributed by atoms with E-state index in [0.717, 1.165) is 19.1 Å². The average molecular weight is 805 g/mol. The van der Waals surface area contributed by atoms with Crippen LogP contribution in [0, 0.1) is 0 Å². The number of carbonyl (C=O) groups is 2. The van der Waals surface area contributed by atoms with Crippen LogP contribution in [0.4, 0.5) is 0 Å². The molecule has 0 N–H and O–H groups in total. The van der Waals surface area contributed by atoms with Crippen LogP contribution < -0.4 is 4.74 Å². The Morgan fingerprint density at radius 2 is 0.714 bits per heavy atom. The number of carbonyl (C=O) groups excluding carboxylic acids is 2. The normalized spacial score (nSPS) is 11.3. The van der Waals surface area contributed by atoms with E-state index in [1.165, 1.54) is 32.1 Å². The van der Waals surface area contributed by atoms with E-state index in [9.17, 15) is 9.59 Å². The molecule has 0 aliphatic rings. The molecule has 56 heavy (non-hydrogen) atoms. The van der Waals surface area contributed by atoms with Gasteiger partial charge >= 0.3 is 5.97 Å². The molecule has 1 rings (SSSR count). The molecule has 1 aromatic rings. The number of rotatable bonds is 46. The van der Waals surface area contributed by atoms with Crippen LogP contribution in [0.1, 0.15) is 68.6 Å². The van der Waals surface area contributed by atoms with Gasteiger partial charge in [-0.3, -0.25) is 9.59 Å². The Morgan fingerprint density at radius 1 is 0.411 bits per heavy atom. The minimum Gasteiger partial charge on any atom is -0.491 e. The van der Waals surface area contributed by atoms with Crippen LogP contribution in [0.15, 0.2) is 24.3 Å². The fourth-order valence-corrected chi connectivity index (χ4v) is 4.68. The van der Waals surface area contributed by atoms with Gasteiger partial charge in [-0.2, -0.15) is 0 Å². The molecule has 0 radical (unpaired) electrons. The highest BCUT2D eigenvalue weighted by Gasteiger charge is 2.03. The summed E-state index contributed by atoms with van der Waals surface area (Å²) in [6.07, 6.45) is 9.56. The molecule has 0 atom stereocenters. The number of hydrogen-bond donors (Lipinski definition) is 0. The van der Waals surface area contributed by atoms with Crippen molar-refractivity contribution in [1.82, 2.24) is 0 Å². The van der Waals surface area contributed by atoms with Crippen molar-refractivity contribution in [1.29, 1.82) is 0 Å². The molecule has 0 aliphatic heterocycles. The highest BCUT2D eigenvalue weighted by molar-refractivity contribution is 5.74. The van der Waals surface area contributed by atoms with Gasteiger partial charge in [-0.05, 0) is 30.7 Å². The molecule has 0 fully saturated rings. The molecule has 1 aromatic carbocycles. The van der Waals surface area contributed by atoms with Crippen molar-refractivity contribution in [2.75, 3.05) is 159 Å². The summed E-state index contributed by atoms with van der Waals surface area (Å²) < 4.78 is 71.0. The van der Waals surface area contributed by atoms with Gasteiger partial charge in [-0.25, -0.2) is 0 Å². The molecular formula is C41H72O15. The third-order valence-corrected chi connectivity index (χ3v) is 7.71. The number of hydrogen-bond acceptors (Lipinski definition) is 15. The molecule has 326 valence electrons. The predicted molar refractivity (Wildman–Crippen MR) is 210 cm³/mol. The first-order valence-electron chi connectivity index (χ1n) is 20.4. The maximum absolute atomic E-state index is 11.7. The Hall–Kier alpha value is -2.28. The van der Waals surface area contributed by atoms with Crippen LogP contribution in [-0.4, -0.2) is 171 Å². The number of ether oxygens (including phenoxy) is 13. The summed E-state index contributed by atoms with van der Waals surface area (Å²) in [7, 11) is 0. The number of benzene rings is 1. The lowest BCUT2D eigenvalue weighted by atomic mass is 10.1. The lowest BCUT2D eigenvalue weighted by Gasteiger charge is -2.09. The molecule has 0 spiro atoms. The molecule has 0 bridgehead atoms. The van der Waals surface area contributed by atoms with Gasteiger partial charge in [-0.15, -0.1) is 0 Å². The van der Waals surface area contributed by atoms with Crippen LogP contribution in [0.2, 0.25) is 0 Å². The summed E-state index contributed by atoms with van der Waals surface area (Å²) in [5, 5.41) is 0. The van der Waals surface area contributed by atoms with Crippen LogP contribution in [0.25, 0.3) is 0 Å². The van der Waals surface area contributed by atoms with Gasteiger partial charge in [-0.1, -0.05) is 45.4 Å². The predicted octanol–water partition coefficient (Wildman–Crippen LogP) is 4.74. The highest BCUT2D eigenvalue weighted by atomic mass is 16.6. The fraction of sp³-hybridized carbons (Fsp3) is 0.805. The summed E-state index contributed by atoms with van der Waals surface area (Å²) in [4.78, 5) is 22.4. The average Bonchev–Trinajstić information content (AvgIpc) is 3.21. The smallest absolute Gasteiger partial charge is 0.305 e. The second-order valence-electron chi connectivity index (χ2n) is 12.4. The molecule has 0 aliphatic carbocycles. The van der Waals surface area contributed by atoms with Gasteiger partial charge < -0.3 is 61.6 Å². The molecule has 0 unspecified atom stereocenters. The second-order valence-corrected chi connectivity index (χ2v) is 12.4. The Labute approximate surface area is 335 Å². The maximum atomic E-state index is 11.7. The number of aldehydes is 1. The lowest BCUT2D eigenvalue weighted by molar-refractivity contribution is -0.145. The molecule has 0 heterocycles. The molecule has 0 saturated heterocycles. The van der Waals surface area contributed by atoms with E-state index >= 15 is 0 Å². The topological polar surface area (TPSA) is 154 Å². The summed E-state index contributed by atoms with van der Waals surface area (Å²) in [6, 6.07) is 6.93. The van der Waals surface area contributed by atoms with E-state index in [0.29, 0.717) is 170 Å². The van der Waals surface area contributed by atoms with Gasteiger partial charge in [0.05, 0.1) is 145 Å². The zero-order valence-corrected chi connectivity index (χ0v) is 34.1. The Kier molecular flexibility index (Phi) is 40.5. The first-order chi connectivity index (χ1) is 27.8. The highest BCUT2D eigenvalue weighted by Crippen LogP contribution is 2.11. The third-order valence-electron chi connectivity index (χ3n) is 7.71. The Morgan fingerprint density at radius 3 is 1.05 bits per heavy atom.